The van der Waals surface area contributed by atoms with E-state index in [0.29, 0.717) is 6.61 Å². The Morgan fingerprint density at radius 1 is 1.29 bits per heavy atom. The molecule has 0 unspecified atom stereocenters. The van der Waals surface area contributed by atoms with Gasteiger partial charge in [0.1, 0.15) is 11.3 Å². The molecule has 1 aromatic heterocycles. The lowest BCUT2D eigenvalue weighted by atomic mass is 10.3. The van der Waals surface area contributed by atoms with Crippen LogP contribution in [-0.2, 0) is 6.54 Å². The summed E-state index contributed by atoms with van der Waals surface area (Å²) in [5, 5.41) is 0. The third kappa shape index (κ3) is 3.27. The highest BCUT2D eigenvalue weighted by molar-refractivity contribution is 7.99. The lowest BCUT2D eigenvalue weighted by Crippen LogP contribution is -2.35. The first-order valence-electron chi connectivity index (χ1n) is 7.44. The average molecular weight is 323 g/mol. The largest absolute Gasteiger partial charge is 0.492 e. The number of fused-ring (bicyclic) bond motifs is 1. The predicted molar refractivity (Wildman–Crippen MR) is 92.1 cm³/mol. The van der Waals surface area contributed by atoms with Gasteiger partial charge >= 0.3 is 0 Å². The number of para-hydroxylation sites is 1. The summed E-state index contributed by atoms with van der Waals surface area (Å²) in [5.41, 5.74) is 2.15. The van der Waals surface area contributed by atoms with Gasteiger partial charge < -0.3 is 14.3 Å². The van der Waals surface area contributed by atoms with Crippen LogP contribution in [0.1, 0.15) is 6.92 Å². The van der Waals surface area contributed by atoms with Gasteiger partial charge in [0, 0.05) is 37.7 Å². The molecule has 6 heteroatoms. The van der Waals surface area contributed by atoms with Crippen molar-refractivity contribution in [2.75, 3.05) is 37.7 Å². The van der Waals surface area contributed by atoms with Crippen LogP contribution >= 0.6 is 24.0 Å². The molecule has 1 aliphatic rings. The SMILES string of the molecule is CCOc1cccc2c1[nH]c(=S)n2CCN1CCSCC1. The van der Waals surface area contributed by atoms with Crippen LogP contribution in [0.4, 0.5) is 0 Å². The number of thioether (sulfide) groups is 1. The number of ether oxygens (including phenoxy) is 1. The summed E-state index contributed by atoms with van der Waals surface area (Å²) in [7, 11) is 0. The maximum atomic E-state index is 5.68. The van der Waals surface area contributed by atoms with Gasteiger partial charge in [0.2, 0.25) is 0 Å². The molecule has 1 fully saturated rings. The van der Waals surface area contributed by atoms with Crippen molar-refractivity contribution in [1.82, 2.24) is 14.5 Å². The van der Waals surface area contributed by atoms with E-state index in [-0.39, 0.29) is 0 Å². The summed E-state index contributed by atoms with van der Waals surface area (Å²) in [6.45, 7) is 7.02. The molecular weight excluding hydrogens is 302 g/mol. The van der Waals surface area contributed by atoms with Crippen LogP contribution in [0.25, 0.3) is 11.0 Å². The van der Waals surface area contributed by atoms with Crippen LogP contribution < -0.4 is 4.74 Å². The summed E-state index contributed by atoms with van der Waals surface area (Å²) in [6, 6.07) is 6.13. The van der Waals surface area contributed by atoms with Gasteiger partial charge in [-0.3, -0.25) is 4.90 Å². The van der Waals surface area contributed by atoms with Crippen molar-refractivity contribution >= 4 is 35.0 Å². The highest BCUT2D eigenvalue weighted by atomic mass is 32.2. The van der Waals surface area contributed by atoms with Crippen LogP contribution in [0, 0.1) is 4.77 Å². The first-order chi connectivity index (χ1) is 10.3. The molecule has 0 spiro atoms. The summed E-state index contributed by atoms with van der Waals surface area (Å²) >= 11 is 7.54. The fourth-order valence-corrected chi connectivity index (χ4v) is 3.99. The molecule has 2 heterocycles. The first kappa shape index (κ1) is 14.9. The number of rotatable bonds is 5. The average Bonchev–Trinajstić information content (AvgIpc) is 2.83. The van der Waals surface area contributed by atoms with E-state index >= 15 is 0 Å². The fourth-order valence-electron chi connectivity index (χ4n) is 2.72. The standard InChI is InChI=1S/C15H21N3OS2/c1-2-19-13-5-3-4-12-14(13)16-15(20)18(12)7-6-17-8-10-21-11-9-17/h3-5H,2,6-11H2,1H3,(H,16,20). The van der Waals surface area contributed by atoms with E-state index in [0.717, 1.165) is 34.6 Å². The maximum absolute atomic E-state index is 5.68. The van der Waals surface area contributed by atoms with E-state index in [2.05, 4.69) is 20.5 Å². The van der Waals surface area contributed by atoms with E-state index < -0.39 is 0 Å². The second-order valence-electron chi connectivity index (χ2n) is 5.12. The molecule has 4 nitrogen and oxygen atoms in total. The van der Waals surface area contributed by atoms with Gasteiger partial charge in [-0.15, -0.1) is 0 Å². The molecule has 0 atom stereocenters. The lowest BCUT2D eigenvalue weighted by molar-refractivity contribution is 0.290. The Labute approximate surface area is 134 Å². The summed E-state index contributed by atoms with van der Waals surface area (Å²) in [5.74, 6) is 3.37. The number of nitrogens with zero attached hydrogens (tertiary/aromatic N) is 2. The Hall–Kier alpha value is -0.980. The van der Waals surface area contributed by atoms with Gasteiger partial charge in [-0.05, 0) is 31.3 Å². The maximum Gasteiger partial charge on any atom is 0.178 e. The Kier molecular flexibility index (Phi) is 4.87. The Morgan fingerprint density at radius 3 is 2.86 bits per heavy atom. The third-order valence-electron chi connectivity index (χ3n) is 3.82. The zero-order valence-electron chi connectivity index (χ0n) is 12.3. The molecule has 2 aromatic rings. The van der Waals surface area contributed by atoms with Gasteiger partial charge in [0.15, 0.2) is 4.77 Å². The number of benzene rings is 1. The van der Waals surface area contributed by atoms with Crippen molar-refractivity contribution in [2.24, 2.45) is 0 Å². The van der Waals surface area contributed by atoms with Crippen LogP contribution in [0.3, 0.4) is 0 Å². The second kappa shape index (κ2) is 6.85. The Bertz CT molecular complexity index is 658. The fraction of sp³-hybridized carbons (Fsp3) is 0.533. The Morgan fingerprint density at radius 2 is 2.10 bits per heavy atom. The molecule has 1 aromatic carbocycles. The highest BCUT2D eigenvalue weighted by Crippen LogP contribution is 2.25. The number of aromatic nitrogens is 2. The summed E-state index contributed by atoms with van der Waals surface area (Å²) < 4.78 is 8.65. The molecule has 3 rings (SSSR count). The molecule has 21 heavy (non-hydrogen) atoms. The van der Waals surface area contributed by atoms with E-state index in [1.54, 1.807) is 0 Å². The zero-order chi connectivity index (χ0) is 14.7. The molecule has 1 aliphatic heterocycles. The van der Waals surface area contributed by atoms with E-state index in [1.165, 1.54) is 24.6 Å². The summed E-state index contributed by atoms with van der Waals surface area (Å²) in [4.78, 5) is 5.82. The van der Waals surface area contributed by atoms with Gasteiger partial charge in [-0.25, -0.2) is 0 Å². The van der Waals surface area contributed by atoms with Crippen molar-refractivity contribution in [3.8, 4) is 5.75 Å². The van der Waals surface area contributed by atoms with E-state index in [1.807, 2.05) is 30.8 Å². The number of hydrogen-bond donors (Lipinski definition) is 1. The molecule has 1 N–H and O–H groups in total. The van der Waals surface area contributed by atoms with Crippen LogP contribution in [0.5, 0.6) is 5.75 Å². The van der Waals surface area contributed by atoms with Crippen molar-refractivity contribution in [2.45, 2.75) is 13.5 Å². The van der Waals surface area contributed by atoms with Crippen molar-refractivity contribution in [1.29, 1.82) is 0 Å². The van der Waals surface area contributed by atoms with E-state index in [4.69, 9.17) is 17.0 Å². The second-order valence-corrected chi connectivity index (χ2v) is 6.73. The van der Waals surface area contributed by atoms with E-state index in [9.17, 15) is 0 Å². The van der Waals surface area contributed by atoms with Gasteiger partial charge in [0.25, 0.3) is 0 Å². The molecule has 0 saturated carbocycles. The quantitative estimate of drug-likeness (QED) is 0.857. The number of aromatic amines is 1. The zero-order valence-corrected chi connectivity index (χ0v) is 13.9. The number of hydrogen-bond acceptors (Lipinski definition) is 4. The van der Waals surface area contributed by atoms with Crippen LogP contribution in [0.2, 0.25) is 0 Å². The van der Waals surface area contributed by atoms with Crippen molar-refractivity contribution in [3.05, 3.63) is 23.0 Å². The summed E-state index contributed by atoms with van der Waals surface area (Å²) in [6.07, 6.45) is 0. The smallest absolute Gasteiger partial charge is 0.178 e. The molecule has 0 bridgehead atoms. The molecule has 0 amide bonds. The van der Waals surface area contributed by atoms with Crippen molar-refractivity contribution in [3.63, 3.8) is 0 Å². The van der Waals surface area contributed by atoms with Crippen LogP contribution in [-0.4, -0.2) is 52.2 Å². The third-order valence-corrected chi connectivity index (χ3v) is 5.08. The minimum Gasteiger partial charge on any atom is -0.492 e. The Balaban J connectivity index is 1.82. The van der Waals surface area contributed by atoms with Gasteiger partial charge in [-0.2, -0.15) is 11.8 Å². The predicted octanol–water partition coefficient (Wildman–Crippen LogP) is 3.15. The van der Waals surface area contributed by atoms with Crippen molar-refractivity contribution < 1.29 is 4.74 Å². The molecule has 114 valence electrons. The number of imidazole rings is 1. The molecule has 1 saturated heterocycles. The minimum absolute atomic E-state index is 0.663. The number of H-pyrrole nitrogens is 1. The number of nitrogens with one attached hydrogen (secondary N) is 1. The minimum atomic E-state index is 0.663. The lowest BCUT2D eigenvalue weighted by Gasteiger charge is -2.26. The highest BCUT2D eigenvalue weighted by Gasteiger charge is 2.13. The first-order valence-corrected chi connectivity index (χ1v) is 9.00. The topological polar surface area (TPSA) is 33.2 Å². The normalized spacial score (nSPS) is 16.4. The van der Waals surface area contributed by atoms with Gasteiger partial charge in [0.05, 0.1) is 12.1 Å². The monoisotopic (exact) mass is 323 g/mol. The van der Waals surface area contributed by atoms with Gasteiger partial charge in [-0.1, -0.05) is 6.07 Å². The molecular formula is C15H21N3OS2. The molecule has 0 radical (unpaired) electrons. The van der Waals surface area contributed by atoms with Crippen LogP contribution in [0.15, 0.2) is 18.2 Å². The molecule has 0 aliphatic carbocycles.